The van der Waals surface area contributed by atoms with E-state index in [0.717, 1.165) is 0 Å². The van der Waals surface area contributed by atoms with Gasteiger partial charge in [0, 0.05) is 24.8 Å². The van der Waals surface area contributed by atoms with Gasteiger partial charge in [-0.3, -0.25) is 14.2 Å². The number of aromatic nitrogens is 2. The largest absolute Gasteiger partial charge is 0.399 e. The van der Waals surface area contributed by atoms with E-state index in [1.807, 2.05) is 22.6 Å². The first-order valence-electron chi connectivity index (χ1n) is 6.02. The first-order valence-corrected chi connectivity index (χ1v) is 7.10. The molecule has 2 aromatic rings. The molecule has 6 nitrogen and oxygen atoms in total. The number of rotatable bonds is 4. The number of nitrogen functional groups attached to an aromatic ring is 1. The van der Waals surface area contributed by atoms with Gasteiger partial charge in [0.05, 0.1) is 15.6 Å². The Labute approximate surface area is 133 Å². The van der Waals surface area contributed by atoms with Crippen LogP contribution in [0, 0.1) is 9.39 Å². The SMILES string of the molecule is Nc1ccc(F)c(NC(=O)CCn2cncc(I)c2=O)c1. The lowest BCUT2D eigenvalue weighted by atomic mass is 10.2. The highest BCUT2D eigenvalue weighted by Gasteiger charge is 2.09. The van der Waals surface area contributed by atoms with Gasteiger partial charge in [0.15, 0.2) is 0 Å². The van der Waals surface area contributed by atoms with E-state index in [2.05, 4.69) is 10.3 Å². The first kappa shape index (κ1) is 15.4. The predicted molar refractivity (Wildman–Crippen MR) is 85.3 cm³/mol. The highest BCUT2D eigenvalue weighted by atomic mass is 127. The number of hydrogen-bond donors (Lipinski definition) is 2. The molecule has 0 aliphatic heterocycles. The van der Waals surface area contributed by atoms with Crippen LogP contribution in [0.25, 0.3) is 0 Å². The Morgan fingerprint density at radius 2 is 2.24 bits per heavy atom. The van der Waals surface area contributed by atoms with E-state index in [0.29, 0.717) is 9.26 Å². The minimum absolute atomic E-state index is 0.0214. The molecule has 1 aromatic heterocycles. The van der Waals surface area contributed by atoms with E-state index in [-0.39, 0.29) is 24.2 Å². The van der Waals surface area contributed by atoms with Crippen molar-refractivity contribution in [2.45, 2.75) is 13.0 Å². The van der Waals surface area contributed by atoms with Crippen LogP contribution in [0.3, 0.4) is 0 Å². The Morgan fingerprint density at radius 3 is 3.00 bits per heavy atom. The summed E-state index contributed by atoms with van der Waals surface area (Å²) in [7, 11) is 0. The highest BCUT2D eigenvalue weighted by Crippen LogP contribution is 2.17. The quantitative estimate of drug-likeness (QED) is 0.601. The number of aryl methyl sites for hydroxylation is 1. The molecule has 1 amide bonds. The van der Waals surface area contributed by atoms with Gasteiger partial charge in [-0.25, -0.2) is 9.37 Å². The number of nitrogens with one attached hydrogen (secondary N) is 1. The maximum Gasteiger partial charge on any atom is 0.266 e. The van der Waals surface area contributed by atoms with Crippen molar-refractivity contribution in [3.05, 3.63) is 50.5 Å². The fraction of sp³-hybridized carbons (Fsp3) is 0.154. The molecule has 0 fully saturated rings. The zero-order chi connectivity index (χ0) is 15.4. The molecule has 0 aliphatic carbocycles. The van der Waals surface area contributed by atoms with E-state index < -0.39 is 11.7 Å². The van der Waals surface area contributed by atoms with Gasteiger partial charge in [-0.05, 0) is 40.8 Å². The van der Waals surface area contributed by atoms with Gasteiger partial charge in [0.1, 0.15) is 5.82 Å². The molecule has 0 radical (unpaired) electrons. The monoisotopic (exact) mass is 402 g/mol. The maximum atomic E-state index is 13.5. The standard InChI is InChI=1S/C13H12FIN4O2/c14-9-2-1-8(16)5-11(9)18-12(20)3-4-19-7-17-6-10(15)13(19)21/h1-2,5-7H,3-4,16H2,(H,18,20). The topological polar surface area (TPSA) is 90.0 Å². The van der Waals surface area contributed by atoms with Crippen LogP contribution in [-0.4, -0.2) is 15.5 Å². The molecule has 0 unspecified atom stereocenters. The zero-order valence-electron chi connectivity index (χ0n) is 10.8. The normalized spacial score (nSPS) is 10.4. The Morgan fingerprint density at radius 1 is 1.48 bits per heavy atom. The lowest BCUT2D eigenvalue weighted by Crippen LogP contribution is -2.25. The fourth-order valence-corrected chi connectivity index (χ4v) is 2.13. The molecule has 0 bridgehead atoms. The van der Waals surface area contributed by atoms with Crippen LogP contribution in [-0.2, 0) is 11.3 Å². The van der Waals surface area contributed by atoms with Crippen molar-refractivity contribution in [3.8, 4) is 0 Å². The van der Waals surface area contributed by atoms with Crippen molar-refractivity contribution >= 4 is 39.9 Å². The van der Waals surface area contributed by atoms with Crippen molar-refractivity contribution in [3.63, 3.8) is 0 Å². The Balaban J connectivity index is 2.01. The van der Waals surface area contributed by atoms with Crippen LogP contribution in [0.5, 0.6) is 0 Å². The Hall–Kier alpha value is -1.97. The number of nitrogens with two attached hydrogens (primary N) is 1. The van der Waals surface area contributed by atoms with E-state index in [9.17, 15) is 14.0 Å². The molecule has 3 N–H and O–H groups in total. The third-order valence-electron chi connectivity index (χ3n) is 2.70. The van der Waals surface area contributed by atoms with Crippen molar-refractivity contribution in [2.24, 2.45) is 0 Å². The first-order chi connectivity index (χ1) is 9.97. The van der Waals surface area contributed by atoms with Crippen molar-refractivity contribution < 1.29 is 9.18 Å². The Kier molecular flexibility index (Phi) is 4.89. The number of carbonyl (C=O) groups is 1. The van der Waals surface area contributed by atoms with Gasteiger partial charge in [0.25, 0.3) is 5.56 Å². The second-order valence-corrected chi connectivity index (χ2v) is 5.44. The van der Waals surface area contributed by atoms with Crippen LogP contribution < -0.4 is 16.6 Å². The van der Waals surface area contributed by atoms with Gasteiger partial charge < -0.3 is 11.1 Å². The molecule has 2 rings (SSSR count). The summed E-state index contributed by atoms with van der Waals surface area (Å²) in [6, 6.07) is 3.92. The van der Waals surface area contributed by atoms with Crippen LogP contribution in [0.2, 0.25) is 0 Å². The van der Waals surface area contributed by atoms with Gasteiger partial charge >= 0.3 is 0 Å². The minimum Gasteiger partial charge on any atom is -0.399 e. The van der Waals surface area contributed by atoms with Gasteiger partial charge in [-0.2, -0.15) is 0 Å². The molecular formula is C13H12FIN4O2. The van der Waals surface area contributed by atoms with E-state index >= 15 is 0 Å². The van der Waals surface area contributed by atoms with Crippen molar-refractivity contribution in [1.82, 2.24) is 9.55 Å². The van der Waals surface area contributed by atoms with Crippen LogP contribution >= 0.6 is 22.6 Å². The number of anilines is 2. The number of benzene rings is 1. The molecule has 1 heterocycles. The van der Waals surface area contributed by atoms with Crippen molar-refractivity contribution in [2.75, 3.05) is 11.1 Å². The number of nitrogens with zero attached hydrogens (tertiary/aromatic N) is 2. The molecule has 0 saturated heterocycles. The molecular weight excluding hydrogens is 390 g/mol. The molecule has 110 valence electrons. The van der Waals surface area contributed by atoms with Crippen LogP contribution in [0.15, 0.2) is 35.5 Å². The summed E-state index contributed by atoms with van der Waals surface area (Å²) >= 11 is 1.87. The summed E-state index contributed by atoms with van der Waals surface area (Å²) in [5.74, 6) is -0.976. The average molecular weight is 402 g/mol. The number of amides is 1. The number of halogens is 2. The van der Waals surface area contributed by atoms with Crippen LogP contribution in [0.4, 0.5) is 15.8 Å². The lowest BCUT2D eigenvalue weighted by molar-refractivity contribution is -0.116. The molecule has 0 saturated carbocycles. The number of hydrogen-bond acceptors (Lipinski definition) is 4. The summed E-state index contributed by atoms with van der Waals surface area (Å²) < 4.78 is 15.3. The zero-order valence-corrected chi connectivity index (χ0v) is 13.0. The molecule has 0 spiro atoms. The van der Waals surface area contributed by atoms with Crippen molar-refractivity contribution in [1.29, 1.82) is 0 Å². The summed E-state index contributed by atoms with van der Waals surface area (Å²) in [6.07, 6.45) is 2.83. The summed E-state index contributed by atoms with van der Waals surface area (Å²) in [5, 5.41) is 2.42. The molecule has 8 heteroatoms. The summed E-state index contributed by atoms with van der Waals surface area (Å²) in [6.45, 7) is 0.165. The summed E-state index contributed by atoms with van der Waals surface area (Å²) in [5.41, 5.74) is 5.69. The number of carbonyl (C=O) groups excluding carboxylic acids is 1. The minimum atomic E-state index is -0.564. The van der Waals surface area contributed by atoms with E-state index in [1.54, 1.807) is 0 Å². The smallest absolute Gasteiger partial charge is 0.266 e. The second-order valence-electron chi connectivity index (χ2n) is 4.28. The van der Waals surface area contributed by atoms with E-state index in [1.165, 1.54) is 35.3 Å². The van der Waals surface area contributed by atoms with Gasteiger partial charge in [-0.15, -0.1) is 0 Å². The van der Waals surface area contributed by atoms with Gasteiger partial charge in [-0.1, -0.05) is 0 Å². The predicted octanol–water partition coefficient (Wildman–Crippen LogP) is 1.60. The molecule has 0 aliphatic rings. The lowest BCUT2D eigenvalue weighted by Gasteiger charge is -2.08. The molecule has 21 heavy (non-hydrogen) atoms. The molecule has 0 atom stereocenters. The Bertz CT molecular complexity index is 732. The third-order valence-corrected chi connectivity index (χ3v) is 3.44. The third kappa shape index (κ3) is 4.00. The highest BCUT2D eigenvalue weighted by molar-refractivity contribution is 14.1. The van der Waals surface area contributed by atoms with Gasteiger partial charge in [0.2, 0.25) is 5.91 Å². The average Bonchev–Trinajstić information content (AvgIpc) is 2.44. The maximum absolute atomic E-state index is 13.5. The summed E-state index contributed by atoms with van der Waals surface area (Å²) in [4.78, 5) is 27.4. The second kappa shape index (κ2) is 6.66. The molecule has 1 aromatic carbocycles. The van der Waals surface area contributed by atoms with E-state index in [4.69, 9.17) is 5.73 Å². The fourth-order valence-electron chi connectivity index (χ4n) is 1.66. The van der Waals surface area contributed by atoms with Crippen LogP contribution in [0.1, 0.15) is 6.42 Å².